The van der Waals surface area contributed by atoms with Crippen molar-refractivity contribution in [2.45, 2.75) is 155 Å². The van der Waals surface area contributed by atoms with Gasteiger partial charge in [-0.25, -0.2) is 0 Å². The van der Waals surface area contributed by atoms with Crippen molar-refractivity contribution in [3.63, 3.8) is 0 Å². The van der Waals surface area contributed by atoms with Crippen LogP contribution in [-0.2, 0) is 6.54 Å². The second kappa shape index (κ2) is 21.7. The summed E-state index contributed by atoms with van der Waals surface area (Å²) in [5.41, 5.74) is 3.24. The summed E-state index contributed by atoms with van der Waals surface area (Å²) in [6, 6.07) is 16.7. The van der Waals surface area contributed by atoms with Gasteiger partial charge in [-0.3, -0.25) is 0 Å². The average molecular weight is 628 g/mol. The summed E-state index contributed by atoms with van der Waals surface area (Å²) < 4.78 is 14.7. The number of hydrogen-bond acceptors (Lipinski definition) is 3. The molecule has 0 atom stereocenters. The minimum absolute atomic E-state index is 0.871. The molecule has 2 aromatic carbocycles. The van der Waals surface area contributed by atoms with E-state index in [-0.39, 0.29) is 0 Å². The van der Waals surface area contributed by atoms with Gasteiger partial charge in [-0.15, -0.1) is 0 Å². The molecule has 3 aromatic rings. The number of unbranched alkanes of at least 4 members (excludes halogenated alkanes) is 19. The van der Waals surface area contributed by atoms with E-state index in [1.54, 1.807) is 0 Å². The van der Waals surface area contributed by atoms with E-state index in [1.165, 1.54) is 134 Å². The number of aromatic nitrogens is 1. The molecule has 0 saturated carbocycles. The molecule has 0 spiro atoms. The molecule has 4 rings (SSSR count). The molecule has 0 bridgehead atoms. The van der Waals surface area contributed by atoms with Crippen molar-refractivity contribution >= 4 is 22.9 Å². The third-order valence-electron chi connectivity index (χ3n) is 9.43. The Hall–Kier alpha value is -3.01. The molecule has 1 aromatic heterocycles. The van der Waals surface area contributed by atoms with Crippen LogP contribution in [0.4, 0.5) is 5.69 Å². The third-order valence-corrected chi connectivity index (χ3v) is 9.43. The van der Waals surface area contributed by atoms with Crippen LogP contribution in [0.25, 0.3) is 17.2 Å². The summed E-state index contributed by atoms with van der Waals surface area (Å²) in [6.07, 6.45) is 35.4. The number of para-hydroxylation sites is 4. The summed E-state index contributed by atoms with van der Waals surface area (Å²) in [6.45, 7) is 6.41. The van der Waals surface area contributed by atoms with Crippen LogP contribution in [0.5, 0.6) is 5.75 Å². The summed E-state index contributed by atoms with van der Waals surface area (Å²) >= 11 is 0. The van der Waals surface area contributed by atoms with Crippen LogP contribution >= 0.6 is 0 Å². The number of anilines is 1. The molecule has 0 saturated heterocycles. The summed E-state index contributed by atoms with van der Waals surface area (Å²) in [5, 5.41) is 0. The Kier molecular flexibility index (Phi) is 16.9. The van der Waals surface area contributed by atoms with Crippen molar-refractivity contribution in [2.75, 3.05) is 11.4 Å². The van der Waals surface area contributed by atoms with Crippen molar-refractivity contribution < 1.29 is 13.7 Å². The van der Waals surface area contributed by atoms with E-state index in [1.807, 2.05) is 12.1 Å². The van der Waals surface area contributed by atoms with Crippen LogP contribution in [0.3, 0.4) is 0 Å². The first-order valence-corrected chi connectivity index (χ1v) is 19.2. The van der Waals surface area contributed by atoms with Crippen LogP contribution in [0.15, 0.2) is 71.0 Å². The summed E-state index contributed by atoms with van der Waals surface area (Å²) in [7, 11) is 0. The number of hydrogen-bond donors (Lipinski definition) is 0. The van der Waals surface area contributed by atoms with E-state index in [0.717, 1.165) is 48.1 Å². The van der Waals surface area contributed by atoms with Crippen LogP contribution < -0.4 is 14.2 Å². The Morgan fingerprint density at radius 2 is 1.15 bits per heavy atom. The molecule has 0 fully saturated rings. The quantitative estimate of drug-likeness (QED) is 0.0691. The van der Waals surface area contributed by atoms with Crippen molar-refractivity contribution in [2.24, 2.45) is 0 Å². The molecule has 0 radical (unpaired) electrons. The second-order valence-corrected chi connectivity index (χ2v) is 13.4. The fourth-order valence-electron chi connectivity index (χ4n) is 6.78. The van der Waals surface area contributed by atoms with E-state index in [0.29, 0.717) is 0 Å². The lowest BCUT2D eigenvalue weighted by molar-refractivity contribution is -0.678. The predicted octanol–water partition coefficient (Wildman–Crippen LogP) is 12.7. The Morgan fingerprint density at radius 1 is 0.609 bits per heavy atom. The Labute approximate surface area is 280 Å². The van der Waals surface area contributed by atoms with Crippen LogP contribution in [-0.4, -0.2) is 6.54 Å². The second-order valence-electron chi connectivity index (χ2n) is 13.4. The molecule has 2 heterocycles. The molecule has 4 nitrogen and oxygen atoms in total. The van der Waals surface area contributed by atoms with Crippen LogP contribution in [0.2, 0.25) is 0 Å². The van der Waals surface area contributed by atoms with Gasteiger partial charge < -0.3 is 14.1 Å². The van der Waals surface area contributed by atoms with Gasteiger partial charge in [-0.1, -0.05) is 160 Å². The molecule has 252 valence electrons. The van der Waals surface area contributed by atoms with Crippen molar-refractivity contribution in [1.29, 1.82) is 0 Å². The average Bonchev–Trinajstić information content (AvgIpc) is 3.61. The van der Waals surface area contributed by atoms with E-state index in [4.69, 9.17) is 9.15 Å². The molecule has 46 heavy (non-hydrogen) atoms. The zero-order valence-corrected chi connectivity index (χ0v) is 29.3. The Morgan fingerprint density at radius 3 is 1.76 bits per heavy atom. The zero-order valence-electron chi connectivity index (χ0n) is 29.3. The minimum atomic E-state index is 0.871. The highest BCUT2D eigenvalue weighted by atomic mass is 16.5. The lowest BCUT2D eigenvalue weighted by Crippen LogP contribution is -2.34. The van der Waals surface area contributed by atoms with Crippen LogP contribution in [0, 0.1) is 0 Å². The maximum absolute atomic E-state index is 6.29. The Balaban J connectivity index is 1.08. The number of ether oxygens (including phenoxy) is 1. The SMILES string of the molecule is CCCCCCCCCCCCCCCCCCCCCCN1/C(=C/C=C/c2oc3ccccc3[n+]2CCC)Oc2ccccc21. The Bertz CT molecular complexity index is 1310. The summed E-state index contributed by atoms with van der Waals surface area (Å²) in [4.78, 5) is 2.34. The largest absolute Gasteiger partial charge is 0.439 e. The fourth-order valence-corrected chi connectivity index (χ4v) is 6.78. The molecule has 4 heteroatoms. The van der Waals surface area contributed by atoms with Gasteiger partial charge >= 0.3 is 5.89 Å². The predicted molar refractivity (Wildman–Crippen MR) is 196 cm³/mol. The summed E-state index contributed by atoms with van der Waals surface area (Å²) in [5.74, 6) is 2.71. The van der Waals surface area contributed by atoms with Gasteiger partial charge in [0, 0.05) is 19.0 Å². The molecular formula is C42H63N2O2+. The highest BCUT2D eigenvalue weighted by Gasteiger charge is 2.25. The number of fused-ring (bicyclic) bond motifs is 2. The number of rotatable bonds is 25. The van der Waals surface area contributed by atoms with Crippen molar-refractivity contribution in [3.05, 3.63) is 72.5 Å². The van der Waals surface area contributed by atoms with Gasteiger partial charge in [0.05, 0.1) is 11.8 Å². The van der Waals surface area contributed by atoms with Gasteiger partial charge in [0.15, 0.2) is 12.3 Å². The molecule has 0 N–H and O–H groups in total. The number of nitrogens with zero attached hydrogens (tertiary/aromatic N) is 2. The highest BCUT2D eigenvalue weighted by Crippen LogP contribution is 2.38. The van der Waals surface area contributed by atoms with Gasteiger partial charge in [0.2, 0.25) is 11.5 Å². The van der Waals surface area contributed by atoms with E-state index >= 15 is 0 Å². The van der Waals surface area contributed by atoms with E-state index in [2.05, 4.69) is 77.9 Å². The zero-order chi connectivity index (χ0) is 32.1. The number of benzene rings is 2. The number of oxazole rings is 1. The molecule has 0 amide bonds. The van der Waals surface area contributed by atoms with Crippen molar-refractivity contribution in [3.8, 4) is 5.75 Å². The van der Waals surface area contributed by atoms with Crippen molar-refractivity contribution in [1.82, 2.24) is 0 Å². The normalized spacial score (nSPS) is 13.8. The third kappa shape index (κ3) is 12.0. The van der Waals surface area contributed by atoms with Gasteiger partial charge in [-0.05, 0) is 36.8 Å². The fraction of sp³-hybridized carbons (Fsp3) is 0.595. The lowest BCUT2D eigenvalue weighted by Gasteiger charge is -2.18. The molecule has 0 aliphatic carbocycles. The monoisotopic (exact) mass is 627 g/mol. The highest BCUT2D eigenvalue weighted by molar-refractivity contribution is 5.70. The number of aryl methyl sites for hydroxylation is 1. The first-order valence-electron chi connectivity index (χ1n) is 19.2. The van der Waals surface area contributed by atoms with Gasteiger partial charge in [0.1, 0.15) is 0 Å². The molecule has 1 aliphatic heterocycles. The van der Waals surface area contributed by atoms with Gasteiger partial charge in [-0.2, -0.15) is 4.57 Å². The molecule has 0 unspecified atom stereocenters. The topological polar surface area (TPSA) is 29.5 Å². The molecule has 1 aliphatic rings. The minimum Gasteiger partial charge on any atom is -0.439 e. The van der Waals surface area contributed by atoms with E-state index in [9.17, 15) is 0 Å². The number of allylic oxidation sites excluding steroid dienone is 2. The smallest absolute Gasteiger partial charge is 0.374 e. The molecular weight excluding hydrogens is 564 g/mol. The maximum Gasteiger partial charge on any atom is 0.374 e. The first-order chi connectivity index (χ1) is 22.8. The first kappa shape index (κ1) is 35.8. The van der Waals surface area contributed by atoms with Gasteiger partial charge in [0.25, 0.3) is 5.52 Å². The van der Waals surface area contributed by atoms with E-state index < -0.39 is 0 Å². The standard InChI is InChI=1S/C42H63N2O2/c1-3-5-6-7-8-9-10-11-12-13-14-15-16-17-18-19-20-21-22-27-36-44-38-30-24-26-32-40(38)46-42(44)34-28-33-41-43(35-4-2)37-29-23-25-31-39(37)45-41/h23-26,28-34H,3-22,27,35-36H2,1-2H3/q+1. The lowest BCUT2D eigenvalue weighted by atomic mass is 10.0. The van der Waals surface area contributed by atoms with Crippen LogP contribution in [0.1, 0.15) is 155 Å². The maximum atomic E-state index is 6.29.